The molecule has 0 radical (unpaired) electrons. The van der Waals surface area contributed by atoms with Gasteiger partial charge in [-0.3, -0.25) is 14.2 Å². The van der Waals surface area contributed by atoms with Gasteiger partial charge < -0.3 is 20.3 Å². The summed E-state index contributed by atoms with van der Waals surface area (Å²) < 4.78 is 46.8. The van der Waals surface area contributed by atoms with Crippen LogP contribution in [0.3, 0.4) is 0 Å². The Labute approximate surface area is 199 Å². The number of hydrogen-bond acceptors (Lipinski definition) is 8. The molecule has 4 heterocycles. The highest BCUT2D eigenvalue weighted by Gasteiger charge is 2.37. The monoisotopic (exact) mass is 493 g/mol. The van der Waals surface area contributed by atoms with E-state index < -0.39 is 17.9 Å². The molecule has 14 heteroatoms. The van der Waals surface area contributed by atoms with Crippen LogP contribution in [0.4, 0.5) is 30.6 Å². The fourth-order valence-electron chi connectivity index (χ4n) is 3.92. The van der Waals surface area contributed by atoms with Crippen molar-refractivity contribution < 1.29 is 22.7 Å². The van der Waals surface area contributed by atoms with Gasteiger partial charge in [0.05, 0.1) is 30.2 Å². The minimum Gasteiger partial charge on any atom is -0.379 e. The van der Waals surface area contributed by atoms with Gasteiger partial charge >= 0.3 is 6.18 Å². The second kappa shape index (κ2) is 9.17. The maximum atomic E-state index is 12.9. The molecule has 1 amide bonds. The first-order chi connectivity index (χ1) is 16.5. The number of aryl methyl sites for hydroxylation is 2. The van der Waals surface area contributed by atoms with Crippen LogP contribution in [0, 0.1) is 6.92 Å². The minimum atomic E-state index is -4.50. The van der Waals surface area contributed by atoms with Crippen molar-refractivity contribution in [3.05, 3.63) is 41.1 Å². The van der Waals surface area contributed by atoms with Crippen LogP contribution in [0.5, 0.6) is 0 Å². The molecule has 0 spiro atoms. The van der Waals surface area contributed by atoms with Crippen LogP contribution < -0.4 is 15.5 Å². The summed E-state index contributed by atoms with van der Waals surface area (Å²) in [7, 11) is 4.79. The Hall–Kier alpha value is -3.68. The molecule has 11 nitrogen and oxygen atoms in total. The van der Waals surface area contributed by atoms with Gasteiger partial charge in [-0.1, -0.05) is 0 Å². The summed E-state index contributed by atoms with van der Waals surface area (Å²) in [6.45, 7) is 4.07. The lowest BCUT2D eigenvalue weighted by molar-refractivity contribution is -0.141. The molecule has 0 fully saturated rings. The molecule has 188 valence electrons. The number of carbonyl (C=O) groups is 1. The summed E-state index contributed by atoms with van der Waals surface area (Å²) in [5, 5.41) is 13.8. The van der Waals surface area contributed by atoms with E-state index in [2.05, 4.69) is 30.8 Å². The van der Waals surface area contributed by atoms with E-state index in [-0.39, 0.29) is 18.6 Å². The SMILES string of the molecule is COC(C)[C@H]1C(=O)Nc2c(C)nc(NCc3cnn(Cc4cc(C(F)(F)F)nn4C)c3)nc2N1C. The van der Waals surface area contributed by atoms with Gasteiger partial charge in [0.1, 0.15) is 11.7 Å². The fraction of sp³-hybridized carbons (Fsp3) is 0.476. The molecule has 3 aromatic heterocycles. The number of methoxy groups -OCH3 is 1. The minimum absolute atomic E-state index is 0.137. The van der Waals surface area contributed by atoms with E-state index >= 15 is 0 Å². The molecular weight excluding hydrogens is 467 g/mol. The number of nitrogens with one attached hydrogen (secondary N) is 2. The highest BCUT2D eigenvalue weighted by Crippen LogP contribution is 2.33. The summed E-state index contributed by atoms with van der Waals surface area (Å²) in [5.41, 5.74) is 1.37. The van der Waals surface area contributed by atoms with Crippen LogP contribution >= 0.6 is 0 Å². The summed E-state index contributed by atoms with van der Waals surface area (Å²) in [6.07, 6.45) is -1.51. The summed E-state index contributed by atoms with van der Waals surface area (Å²) in [4.78, 5) is 23.3. The van der Waals surface area contributed by atoms with Crippen LogP contribution in [0.25, 0.3) is 0 Å². The Morgan fingerprint density at radius 1 is 1.29 bits per heavy atom. The molecule has 0 saturated heterocycles. The molecule has 2 atom stereocenters. The van der Waals surface area contributed by atoms with E-state index in [1.165, 1.54) is 16.4 Å². The lowest BCUT2D eigenvalue weighted by atomic mass is 10.1. The van der Waals surface area contributed by atoms with Gasteiger partial charge in [-0.2, -0.15) is 28.4 Å². The number of alkyl halides is 3. The first-order valence-corrected chi connectivity index (χ1v) is 10.8. The average molecular weight is 493 g/mol. The predicted octanol–water partition coefficient (Wildman–Crippen LogP) is 2.19. The summed E-state index contributed by atoms with van der Waals surface area (Å²) in [5.74, 6) is 0.744. The van der Waals surface area contributed by atoms with Crippen molar-refractivity contribution in [2.45, 2.75) is 45.3 Å². The Bertz CT molecular complexity index is 1240. The predicted molar refractivity (Wildman–Crippen MR) is 121 cm³/mol. The van der Waals surface area contributed by atoms with Crippen LogP contribution in [0.2, 0.25) is 0 Å². The third kappa shape index (κ3) is 4.92. The third-order valence-electron chi connectivity index (χ3n) is 5.88. The summed E-state index contributed by atoms with van der Waals surface area (Å²) in [6, 6.07) is 0.466. The Morgan fingerprint density at radius 2 is 2.03 bits per heavy atom. The van der Waals surface area contributed by atoms with Gasteiger partial charge in [-0.05, 0) is 19.9 Å². The molecule has 2 N–H and O–H groups in total. The van der Waals surface area contributed by atoms with E-state index in [0.717, 1.165) is 11.6 Å². The first-order valence-electron chi connectivity index (χ1n) is 10.8. The van der Waals surface area contributed by atoms with Crippen LogP contribution in [-0.4, -0.2) is 61.7 Å². The molecule has 0 bridgehead atoms. The van der Waals surface area contributed by atoms with Gasteiger partial charge in [-0.15, -0.1) is 0 Å². The molecule has 1 unspecified atom stereocenters. The van der Waals surface area contributed by atoms with Crippen LogP contribution in [-0.2, 0) is 35.8 Å². The standard InChI is InChI=1S/C21H26F3N9O2/c1-11-16-18(31(3)17(12(2)35-5)19(34)28-16)29-20(27-11)25-7-13-8-26-33(9-13)10-14-6-15(21(22,23)24)30-32(14)4/h6,8-9,12,17H,7,10H2,1-5H3,(H,28,34)(H,25,27,29)/t12?,17-/m0/s1. The average Bonchev–Trinajstić information content (AvgIpc) is 3.39. The number of anilines is 3. The molecule has 4 rings (SSSR count). The Kier molecular flexibility index (Phi) is 6.40. The quantitative estimate of drug-likeness (QED) is 0.515. The number of rotatable bonds is 7. The van der Waals surface area contributed by atoms with E-state index in [0.29, 0.717) is 35.4 Å². The second-order valence-corrected chi connectivity index (χ2v) is 8.36. The number of aromatic nitrogens is 6. The maximum absolute atomic E-state index is 12.9. The zero-order valence-electron chi connectivity index (χ0n) is 19.9. The molecule has 35 heavy (non-hydrogen) atoms. The van der Waals surface area contributed by atoms with Crippen molar-refractivity contribution in [1.82, 2.24) is 29.5 Å². The molecule has 0 saturated carbocycles. The van der Waals surface area contributed by atoms with Crippen molar-refractivity contribution in [1.29, 1.82) is 0 Å². The van der Waals surface area contributed by atoms with Gasteiger partial charge in [0.15, 0.2) is 11.5 Å². The topological polar surface area (TPSA) is 115 Å². The number of halogens is 3. The van der Waals surface area contributed by atoms with Gasteiger partial charge in [0, 0.05) is 39.5 Å². The number of likely N-dealkylation sites (N-methyl/N-ethyl adjacent to an activating group) is 1. The number of fused-ring (bicyclic) bond motifs is 1. The van der Waals surface area contributed by atoms with Gasteiger partial charge in [0.25, 0.3) is 0 Å². The number of carbonyl (C=O) groups excluding carboxylic acids is 1. The van der Waals surface area contributed by atoms with Crippen molar-refractivity contribution >= 4 is 23.4 Å². The van der Waals surface area contributed by atoms with Crippen molar-refractivity contribution in [2.24, 2.45) is 7.05 Å². The van der Waals surface area contributed by atoms with E-state index in [9.17, 15) is 18.0 Å². The molecular formula is C21H26F3N9O2. The highest BCUT2D eigenvalue weighted by molar-refractivity contribution is 6.03. The Balaban J connectivity index is 1.46. The van der Waals surface area contributed by atoms with Crippen LogP contribution in [0.15, 0.2) is 18.5 Å². The van der Waals surface area contributed by atoms with Crippen molar-refractivity contribution in [2.75, 3.05) is 29.7 Å². The molecule has 1 aliphatic heterocycles. The lowest BCUT2D eigenvalue weighted by Crippen LogP contribution is -2.53. The largest absolute Gasteiger partial charge is 0.435 e. The zero-order chi connectivity index (χ0) is 25.5. The maximum Gasteiger partial charge on any atom is 0.435 e. The molecule has 3 aromatic rings. The molecule has 1 aliphatic rings. The zero-order valence-corrected chi connectivity index (χ0v) is 19.9. The Morgan fingerprint density at radius 3 is 2.69 bits per heavy atom. The number of nitrogens with zero attached hydrogens (tertiary/aromatic N) is 7. The van der Waals surface area contributed by atoms with E-state index in [4.69, 9.17) is 4.74 Å². The highest BCUT2D eigenvalue weighted by atomic mass is 19.4. The van der Waals surface area contributed by atoms with Gasteiger partial charge in [0.2, 0.25) is 11.9 Å². The number of hydrogen-bond donors (Lipinski definition) is 2. The third-order valence-corrected chi connectivity index (χ3v) is 5.88. The summed E-state index contributed by atoms with van der Waals surface area (Å²) >= 11 is 0. The lowest BCUT2D eigenvalue weighted by Gasteiger charge is -2.37. The van der Waals surface area contributed by atoms with E-state index in [1.807, 2.05) is 6.92 Å². The van der Waals surface area contributed by atoms with Gasteiger partial charge in [-0.25, -0.2) is 4.98 Å². The fourth-order valence-corrected chi connectivity index (χ4v) is 3.92. The van der Waals surface area contributed by atoms with Crippen molar-refractivity contribution in [3.8, 4) is 0 Å². The van der Waals surface area contributed by atoms with Crippen LogP contribution in [0.1, 0.15) is 29.6 Å². The number of ether oxygens (including phenoxy) is 1. The molecule has 0 aromatic carbocycles. The van der Waals surface area contributed by atoms with Crippen molar-refractivity contribution in [3.63, 3.8) is 0 Å². The van der Waals surface area contributed by atoms with E-state index in [1.54, 1.807) is 38.4 Å². The second-order valence-electron chi connectivity index (χ2n) is 8.36. The first kappa shape index (κ1) is 24.4. The number of amides is 1. The smallest absolute Gasteiger partial charge is 0.379 e. The normalized spacial score (nSPS) is 16.7. The molecule has 0 aliphatic carbocycles.